The summed E-state index contributed by atoms with van der Waals surface area (Å²) in [6, 6.07) is 7.58. The number of hydrogen-bond acceptors (Lipinski definition) is 4. The number of anilines is 1. The van der Waals surface area contributed by atoms with Crippen LogP contribution in [-0.4, -0.2) is 54.2 Å². The third-order valence-corrected chi connectivity index (χ3v) is 3.99. The fourth-order valence-electron chi connectivity index (χ4n) is 2.60. The lowest BCUT2D eigenvalue weighted by Crippen LogP contribution is -2.46. The van der Waals surface area contributed by atoms with Crippen molar-refractivity contribution >= 4 is 5.69 Å². The highest BCUT2D eigenvalue weighted by Crippen LogP contribution is 2.22. The number of benzene rings is 1. The fourth-order valence-corrected chi connectivity index (χ4v) is 2.60. The molecular formula is C15H25N3O. The number of piperazine rings is 1. The molecule has 1 unspecified atom stereocenters. The maximum absolute atomic E-state index is 10.2. The van der Waals surface area contributed by atoms with Crippen LogP contribution in [0.15, 0.2) is 24.3 Å². The Morgan fingerprint density at radius 2 is 1.79 bits per heavy atom. The number of aliphatic hydroxyl groups is 1. The van der Waals surface area contributed by atoms with Gasteiger partial charge in [-0.2, -0.15) is 0 Å². The molecule has 0 saturated carbocycles. The second kappa shape index (κ2) is 6.89. The van der Waals surface area contributed by atoms with Gasteiger partial charge in [0.1, 0.15) is 0 Å². The van der Waals surface area contributed by atoms with Crippen LogP contribution in [0.1, 0.15) is 25.0 Å². The number of nitrogen functional groups attached to an aromatic ring is 1. The Hall–Kier alpha value is -1.10. The zero-order valence-electron chi connectivity index (χ0n) is 11.8. The average molecular weight is 263 g/mol. The highest BCUT2D eigenvalue weighted by Gasteiger charge is 2.17. The summed E-state index contributed by atoms with van der Waals surface area (Å²) in [5, 5.41) is 10.2. The summed E-state index contributed by atoms with van der Waals surface area (Å²) < 4.78 is 0. The predicted molar refractivity (Wildman–Crippen MR) is 79.0 cm³/mol. The topological polar surface area (TPSA) is 52.7 Å². The third kappa shape index (κ3) is 3.93. The van der Waals surface area contributed by atoms with Crippen LogP contribution in [-0.2, 0) is 0 Å². The van der Waals surface area contributed by atoms with Crippen LogP contribution in [0.2, 0.25) is 0 Å². The molecule has 1 atom stereocenters. The molecule has 4 heteroatoms. The molecule has 0 spiro atoms. The van der Waals surface area contributed by atoms with Crippen LogP contribution in [0.5, 0.6) is 0 Å². The van der Waals surface area contributed by atoms with E-state index in [4.69, 9.17) is 5.73 Å². The maximum Gasteiger partial charge on any atom is 0.0822 e. The largest absolute Gasteiger partial charge is 0.398 e. The number of para-hydroxylation sites is 1. The first kappa shape index (κ1) is 14.3. The van der Waals surface area contributed by atoms with Crippen LogP contribution < -0.4 is 5.73 Å². The van der Waals surface area contributed by atoms with Crippen LogP contribution >= 0.6 is 0 Å². The molecule has 1 fully saturated rings. The van der Waals surface area contributed by atoms with E-state index >= 15 is 0 Å². The average Bonchev–Trinajstić information content (AvgIpc) is 2.46. The van der Waals surface area contributed by atoms with Crippen molar-refractivity contribution in [2.75, 3.05) is 45.0 Å². The fraction of sp³-hybridized carbons (Fsp3) is 0.600. The van der Waals surface area contributed by atoms with E-state index in [1.54, 1.807) is 0 Å². The molecule has 0 radical (unpaired) electrons. The van der Waals surface area contributed by atoms with Gasteiger partial charge < -0.3 is 20.6 Å². The normalized spacial score (nSPS) is 19.5. The van der Waals surface area contributed by atoms with E-state index in [0.29, 0.717) is 5.69 Å². The molecule has 1 saturated heterocycles. The van der Waals surface area contributed by atoms with Crippen molar-refractivity contribution in [1.29, 1.82) is 0 Å². The van der Waals surface area contributed by atoms with Crippen molar-refractivity contribution in [3.05, 3.63) is 29.8 Å². The summed E-state index contributed by atoms with van der Waals surface area (Å²) in [5.74, 6) is 0. The summed E-state index contributed by atoms with van der Waals surface area (Å²) >= 11 is 0. The predicted octanol–water partition coefficient (Wildman–Crippen LogP) is 1.33. The number of aliphatic hydroxyl groups excluding tert-OH is 1. The van der Waals surface area contributed by atoms with E-state index < -0.39 is 6.10 Å². The molecule has 3 N–H and O–H groups in total. The van der Waals surface area contributed by atoms with Gasteiger partial charge in [-0.25, -0.2) is 0 Å². The second-order valence-corrected chi connectivity index (χ2v) is 5.21. The Bertz CT molecular complexity index is 389. The number of hydrogen-bond donors (Lipinski definition) is 2. The number of nitrogens with two attached hydrogens (primary N) is 1. The summed E-state index contributed by atoms with van der Waals surface area (Å²) in [5.41, 5.74) is 7.43. The summed E-state index contributed by atoms with van der Waals surface area (Å²) in [7, 11) is 0. The molecule has 0 amide bonds. The van der Waals surface area contributed by atoms with E-state index in [-0.39, 0.29) is 0 Å². The van der Waals surface area contributed by atoms with Crippen molar-refractivity contribution in [1.82, 2.24) is 9.80 Å². The highest BCUT2D eigenvalue weighted by atomic mass is 16.3. The minimum absolute atomic E-state index is 0.453. The molecule has 1 aliphatic heterocycles. The standard InChI is InChI=1S/C15H25N3O/c1-2-17-9-11-18(12-10-17)8-7-15(19)13-5-3-4-6-14(13)16/h3-6,15,19H,2,7-12,16H2,1H3. The van der Waals surface area contributed by atoms with Crippen molar-refractivity contribution in [2.24, 2.45) is 0 Å². The molecule has 1 aliphatic rings. The molecule has 2 rings (SSSR count). The van der Waals surface area contributed by atoms with Gasteiger partial charge in [0.2, 0.25) is 0 Å². The lowest BCUT2D eigenvalue weighted by molar-refractivity contribution is 0.105. The first-order valence-electron chi connectivity index (χ1n) is 7.18. The van der Waals surface area contributed by atoms with Gasteiger partial charge in [0.05, 0.1) is 6.10 Å². The number of rotatable bonds is 5. The summed E-state index contributed by atoms with van der Waals surface area (Å²) in [6.07, 6.45) is 0.297. The summed E-state index contributed by atoms with van der Waals surface area (Å²) in [4.78, 5) is 4.89. The minimum atomic E-state index is -0.453. The maximum atomic E-state index is 10.2. The SMILES string of the molecule is CCN1CCN(CCC(O)c2ccccc2N)CC1. The zero-order chi connectivity index (χ0) is 13.7. The molecule has 1 aromatic carbocycles. The quantitative estimate of drug-likeness (QED) is 0.787. The van der Waals surface area contributed by atoms with Crippen molar-refractivity contribution in [2.45, 2.75) is 19.4 Å². The van der Waals surface area contributed by atoms with E-state index in [1.807, 2.05) is 24.3 Å². The molecule has 4 nitrogen and oxygen atoms in total. The van der Waals surface area contributed by atoms with Crippen LogP contribution in [0.4, 0.5) is 5.69 Å². The monoisotopic (exact) mass is 263 g/mol. The molecule has 1 aromatic rings. The second-order valence-electron chi connectivity index (χ2n) is 5.21. The Morgan fingerprint density at radius 1 is 1.16 bits per heavy atom. The first-order valence-corrected chi connectivity index (χ1v) is 7.18. The van der Waals surface area contributed by atoms with Gasteiger partial charge >= 0.3 is 0 Å². The Balaban J connectivity index is 1.78. The van der Waals surface area contributed by atoms with Crippen LogP contribution in [0.3, 0.4) is 0 Å². The highest BCUT2D eigenvalue weighted by molar-refractivity contribution is 5.47. The van der Waals surface area contributed by atoms with E-state index in [1.165, 1.54) is 0 Å². The van der Waals surface area contributed by atoms with Crippen molar-refractivity contribution in [3.8, 4) is 0 Å². The van der Waals surface area contributed by atoms with Gasteiger partial charge in [-0.3, -0.25) is 0 Å². The van der Waals surface area contributed by atoms with Gasteiger partial charge in [-0.1, -0.05) is 25.1 Å². The molecule has 19 heavy (non-hydrogen) atoms. The Kier molecular flexibility index (Phi) is 5.19. The van der Waals surface area contributed by atoms with E-state index in [9.17, 15) is 5.11 Å². The molecule has 0 bridgehead atoms. The third-order valence-electron chi connectivity index (χ3n) is 3.99. The Morgan fingerprint density at radius 3 is 2.42 bits per heavy atom. The van der Waals surface area contributed by atoms with E-state index in [0.717, 1.165) is 51.3 Å². The van der Waals surface area contributed by atoms with Gasteiger partial charge in [0.25, 0.3) is 0 Å². The number of nitrogens with zero attached hydrogens (tertiary/aromatic N) is 2. The molecule has 0 aromatic heterocycles. The summed E-state index contributed by atoms with van der Waals surface area (Å²) in [6.45, 7) is 8.76. The minimum Gasteiger partial charge on any atom is -0.398 e. The molecule has 0 aliphatic carbocycles. The zero-order valence-corrected chi connectivity index (χ0v) is 11.8. The van der Waals surface area contributed by atoms with E-state index in [2.05, 4.69) is 16.7 Å². The van der Waals surface area contributed by atoms with Crippen LogP contribution in [0.25, 0.3) is 0 Å². The number of likely N-dealkylation sites (N-methyl/N-ethyl adjacent to an activating group) is 1. The molecule has 106 valence electrons. The lowest BCUT2D eigenvalue weighted by Gasteiger charge is -2.34. The Labute approximate surface area is 115 Å². The van der Waals surface area contributed by atoms with Gasteiger partial charge in [-0.15, -0.1) is 0 Å². The smallest absolute Gasteiger partial charge is 0.0822 e. The van der Waals surface area contributed by atoms with Gasteiger partial charge in [-0.05, 0) is 19.0 Å². The van der Waals surface area contributed by atoms with Gasteiger partial charge in [0.15, 0.2) is 0 Å². The molecule has 1 heterocycles. The first-order chi connectivity index (χ1) is 9.20. The van der Waals surface area contributed by atoms with Crippen molar-refractivity contribution < 1.29 is 5.11 Å². The van der Waals surface area contributed by atoms with Gasteiger partial charge in [0, 0.05) is 44.0 Å². The van der Waals surface area contributed by atoms with Crippen LogP contribution in [0, 0.1) is 0 Å². The van der Waals surface area contributed by atoms with Crippen molar-refractivity contribution in [3.63, 3.8) is 0 Å². The molecular weight excluding hydrogens is 238 g/mol. The lowest BCUT2D eigenvalue weighted by atomic mass is 10.0.